The second-order valence-corrected chi connectivity index (χ2v) is 9.24. The van der Waals surface area contributed by atoms with E-state index in [9.17, 15) is 0 Å². The first-order chi connectivity index (χ1) is 17.8. The van der Waals surface area contributed by atoms with Gasteiger partial charge in [-0.1, -0.05) is 103 Å². The molecule has 0 bridgehead atoms. The fourth-order valence-electron chi connectivity index (χ4n) is 4.76. The van der Waals surface area contributed by atoms with Crippen LogP contribution in [0.15, 0.2) is 127 Å². The molecule has 5 aromatic rings. The van der Waals surface area contributed by atoms with Crippen LogP contribution < -0.4 is 4.90 Å². The molecule has 0 aliphatic heterocycles. The summed E-state index contributed by atoms with van der Waals surface area (Å²) < 4.78 is 0. The van der Waals surface area contributed by atoms with Crippen LogP contribution in [0, 0.1) is 0 Å². The van der Waals surface area contributed by atoms with Crippen molar-refractivity contribution in [3.63, 3.8) is 0 Å². The number of para-hydroxylation sites is 1. The van der Waals surface area contributed by atoms with Gasteiger partial charge in [0.1, 0.15) is 0 Å². The summed E-state index contributed by atoms with van der Waals surface area (Å²) in [5.41, 5.74) is 10.6. The summed E-state index contributed by atoms with van der Waals surface area (Å²) >= 11 is 6.18. The highest BCUT2D eigenvalue weighted by atomic mass is 35.5. The first kappa shape index (κ1) is 22.2. The second-order valence-electron chi connectivity index (χ2n) is 8.80. The maximum absolute atomic E-state index is 6.18. The zero-order valence-corrected chi connectivity index (χ0v) is 20.4. The second kappa shape index (κ2) is 9.73. The van der Waals surface area contributed by atoms with E-state index in [1.165, 1.54) is 27.8 Å². The molecule has 0 unspecified atom stereocenters. The molecule has 1 nitrogen and oxygen atoms in total. The Hall–Kier alpha value is -4.33. The lowest BCUT2D eigenvalue weighted by Crippen LogP contribution is -2.09. The van der Waals surface area contributed by atoms with Crippen LogP contribution in [0.5, 0.6) is 0 Å². The highest BCUT2D eigenvalue weighted by Gasteiger charge is 2.15. The summed E-state index contributed by atoms with van der Waals surface area (Å²) in [6.07, 6.45) is 6.72. The Kier molecular flexibility index (Phi) is 5.99. The maximum Gasteiger partial charge on any atom is 0.0462 e. The van der Waals surface area contributed by atoms with E-state index in [2.05, 4.69) is 132 Å². The van der Waals surface area contributed by atoms with Crippen LogP contribution in [0.4, 0.5) is 17.1 Å². The predicted molar refractivity (Wildman–Crippen MR) is 155 cm³/mol. The molecule has 0 saturated heterocycles. The fourth-order valence-corrected chi connectivity index (χ4v) is 4.88. The summed E-state index contributed by atoms with van der Waals surface area (Å²) in [7, 11) is 0. The van der Waals surface area contributed by atoms with E-state index in [-0.39, 0.29) is 0 Å². The minimum absolute atomic E-state index is 0.729. The molecule has 0 spiro atoms. The molecule has 172 valence electrons. The first-order valence-corrected chi connectivity index (χ1v) is 12.4. The summed E-state index contributed by atoms with van der Waals surface area (Å²) in [5, 5.41) is 0.729. The topological polar surface area (TPSA) is 3.24 Å². The molecule has 5 aromatic carbocycles. The Morgan fingerprint density at radius 3 is 1.53 bits per heavy atom. The van der Waals surface area contributed by atoms with Gasteiger partial charge in [0.15, 0.2) is 0 Å². The van der Waals surface area contributed by atoms with Crippen molar-refractivity contribution >= 4 is 52.5 Å². The van der Waals surface area contributed by atoms with E-state index >= 15 is 0 Å². The predicted octanol–water partition coefficient (Wildman–Crippen LogP) is 9.88. The maximum atomic E-state index is 6.18. The molecule has 0 saturated carbocycles. The van der Waals surface area contributed by atoms with Gasteiger partial charge in [0.2, 0.25) is 0 Å². The Balaban J connectivity index is 1.43. The third-order valence-corrected chi connectivity index (χ3v) is 6.76. The van der Waals surface area contributed by atoms with Crippen LogP contribution in [-0.4, -0.2) is 0 Å². The van der Waals surface area contributed by atoms with Gasteiger partial charge < -0.3 is 4.90 Å². The quantitative estimate of drug-likeness (QED) is 0.242. The Bertz CT molecular complexity index is 1510. The normalized spacial score (nSPS) is 11.9. The fraction of sp³-hybridized carbons (Fsp3) is 0. The minimum Gasteiger partial charge on any atom is -0.311 e. The third kappa shape index (κ3) is 4.37. The largest absolute Gasteiger partial charge is 0.311 e. The van der Waals surface area contributed by atoms with Gasteiger partial charge in [-0.25, -0.2) is 0 Å². The Labute approximate surface area is 217 Å². The standard InChI is InChI=1S/C34H24ClN/c35-28-18-22-31(23-19-28)36(29-10-2-1-3-11-29)30-20-14-25(15-21-30)24-34-32-12-6-4-8-26(32)16-17-27-9-5-7-13-33(27)34/h1-24H. The van der Waals surface area contributed by atoms with Crippen molar-refractivity contribution in [2.24, 2.45) is 0 Å². The van der Waals surface area contributed by atoms with Gasteiger partial charge in [-0.3, -0.25) is 0 Å². The summed E-state index contributed by atoms with van der Waals surface area (Å²) in [6.45, 7) is 0. The molecular formula is C34H24ClN. The average Bonchev–Trinajstić information content (AvgIpc) is 3.09. The summed E-state index contributed by atoms with van der Waals surface area (Å²) in [6, 6.07) is 44.3. The minimum atomic E-state index is 0.729. The molecule has 1 aliphatic rings. The number of hydrogen-bond donors (Lipinski definition) is 0. The molecule has 6 rings (SSSR count). The van der Waals surface area contributed by atoms with Crippen LogP contribution in [-0.2, 0) is 0 Å². The van der Waals surface area contributed by atoms with E-state index in [4.69, 9.17) is 11.6 Å². The monoisotopic (exact) mass is 481 g/mol. The lowest BCUT2D eigenvalue weighted by Gasteiger charge is -2.25. The molecule has 0 aromatic heterocycles. The van der Waals surface area contributed by atoms with Crippen LogP contribution in [0.3, 0.4) is 0 Å². The van der Waals surface area contributed by atoms with E-state index < -0.39 is 0 Å². The molecule has 0 heterocycles. The molecule has 0 radical (unpaired) electrons. The van der Waals surface area contributed by atoms with Gasteiger partial charge in [-0.15, -0.1) is 0 Å². The van der Waals surface area contributed by atoms with E-state index in [0.29, 0.717) is 0 Å². The van der Waals surface area contributed by atoms with Crippen LogP contribution >= 0.6 is 11.6 Å². The van der Waals surface area contributed by atoms with Gasteiger partial charge in [0, 0.05) is 22.1 Å². The molecule has 1 aliphatic carbocycles. The Morgan fingerprint density at radius 1 is 0.472 bits per heavy atom. The number of fused-ring (bicyclic) bond motifs is 2. The van der Waals surface area contributed by atoms with E-state index in [1.807, 2.05) is 18.2 Å². The van der Waals surface area contributed by atoms with E-state index in [0.717, 1.165) is 27.6 Å². The van der Waals surface area contributed by atoms with Gasteiger partial charge in [-0.05, 0) is 88.0 Å². The molecule has 0 N–H and O–H groups in total. The van der Waals surface area contributed by atoms with Crippen molar-refractivity contribution < 1.29 is 0 Å². The van der Waals surface area contributed by atoms with Crippen molar-refractivity contribution in [2.75, 3.05) is 4.90 Å². The number of halogens is 1. The van der Waals surface area contributed by atoms with Crippen LogP contribution in [0.2, 0.25) is 5.02 Å². The molecule has 2 heteroatoms. The van der Waals surface area contributed by atoms with Crippen molar-refractivity contribution in [1.29, 1.82) is 0 Å². The smallest absolute Gasteiger partial charge is 0.0462 e. The number of rotatable bonds is 4. The van der Waals surface area contributed by atoms with Gasteiger partial charge in [0.25, 0.3) is 0 Å². The van der Waals surface area contributed by atoms with Crippen molar-refractivity contribution in [3.05, 3.63) is 160 Å². The highest BCUT2D eigenvalue weighted by Crippen LogP contribution is 2.37. The SMILES string of the molecule is Clc1ccc(N(c2ccccc2)c2ccc(C=C3c4ccccc4C=Cc4ccccc43)cc2)cc1. The molecule has 36 heavy (non-hydrogen) atoms. The number of nitrogens with zero attached hydrogens (tertiary/aromatic N) is 1. The van der Waals surface area contributed by atoms with E-state index in [1.54, 1.807) is 0 Å². The zero-order valence-electron chi connectivity index (χ0n) is 19.7. The first-order valence-electron chi connectivity index (χ1n) is 12.1. The molecular weight excluding hydrogens is 458 g/mol. The van der Waals surface area contributed by atoms with Gasteiger partial charge in [-0.2, -0.15) is 0 Å². The van der Waals surface area contributed by atoms with Crippen molar-refractivity contribution in [2.45, 2.75) is 0 Å². The van der Waals surface area contributed by atoms with Crippen LogP contribution in [0.1, 0.15) is 27.8 Å². The summed E-state index contributed by atoms with van der Waals surface area (Å²) in [4.78, 5) is 2.24. The van der Waals surface area contributed by atoms with Crippen molar-refractivity contribution in [1.82, 2.24) is 0 Å². The number of anilines is 3. The average molecular weight is 482 g/mol. The van der Waals surface area contributed by atoms with Crippen molar-refractivity contribution in [3.8, 4) is 0 Å². The van der Waals surface area contributed by atoms with Gasteiger partial charge in [0.05, 0.1) is 0 Å². The molecule has 0 amide bonds. The lowest BCUT2D eigenvalue weighted by molar-refractivity contribution is 1.28. The number of hydrogen-bond acceptors (Lipinski definition) is 1. The zero-order chi connectivity index (χ0) is 24.3. The highest BCUT2D eigenvalue weighted by molar-refractivity contribution is 6.30. The molecule has 0 atom stereocenters. The third-order valence-electron chi connectivity index (χ3n) is 6.51. The van der Waals surface area contributed by atoms with Crippen LogP contribution in [0.25, 0.3) is 23.8 Å². The van der Waals surface area contributed by atoms with Gasteiger partial charge >= 0.3 is 0 Å². The Morgan fingerprint density at radius 2 is 0.944 bits per heavy atom. The number of benzene rings is 5. The molecule has 0 fully saturated rings. The lowest BCUT2D eigenvalue weighted by atomic mass is 9.92. The summed E-state index contributed by atoms with van der Waals surface area (Å²) in [5.74, 6) is 0.